The van der Waals surface area contributed by atoms with Crippen molar-refractivity contribution in [3.63, 3.8) is 0 Å². The summed E-state index contributed by atoms with van der Waals surface area (Å²) < 4.78 is 0. The number of rotatable bonds is 5. The molecule has 5 heteroatoms. The summed E-state index contributed by atoms with van der Waals surface area (Å²) in [5.74, 6) is 0. The summed E-state index contributed by atoms with van der Waals surface area (Å²) in [4.78, 5) is 11.7. The van der Waals surface area contributed by atoms with Crippen molar-refractivity contribution in [1.29, 1.82) is 0 Å². The second-order valence-corrected chi connectivity index (χ2v) is 5.09. The molecule has 2 heterocycles. The van der Waals surface area contributed by atoms with E-state index in [-0.39, 0.29) is 6.61 Å². The first kappa shape index (κ1) is 13.0. The van der Waals surface area contributed by atoms with Crippen LogP contribution in [0.2, 0.25) is 0 Å². The smallest absolute Gasteiger partial charge is 0.186 e. The molecule has 0 bridgehead atoms. The quantitative estimate of drug-likeness (QED) is 0.899. The van der Waals surface area contributed by atoms with Gasteiger partial charge in [0, 0.05) is 25.5 Å². The highest BCUT2D eigenvalue weighted by Crippen LogP contribution is 2.26. The van der Waals surface area contributed by atoms with Crippen LogP contribution in [0.25, 0.3) is 0 Å². The zero-order valence-electron chi connectivity index (χ0n) is 10.6. The molecule has 0 saturated heterocycles. The molecule has 0 fully saturated rings. The van der Waals surface area contributed by atoms with Crippen molar-refractivity contribution in [2.75, 3.05) is 11.4 Å². The number of thiazole rings is 1. The van der Waals surface area contributed by atoms with E-state index in [0.717, 1.165) is 28.8 Å². The van der Waals surface area contributed by atoms with E-state index in [9.17, 15) is 5.11 Å². The fourth-order valence-electron chi connectivity index (χ4n) is 1.72. The van der Waals surface area contributed by atoms with E-state index >= 15 is 0 Å². The van der Waals surface area contributed by atoms with Crippen LogP contribution in [0.4, 0.5) is 5.13 Å². The molecule has 0 saturated carbocycles. The Labute approximate surface area is 111 Å². The van der Waals surface area contributed by atoms with Gasteiger partial charge in [0.1, 0.15) is 0 Å². The number of pyridine rings is 1. The third-order valence-electron chi connectivity index (χ3n) is 2.80. The van der Waals surface area contributed by atoms with Crippen LogP contribution in [0.3, 0.4) is 0 Å². The standard InChI is InChI=1S/C13H17N3OS/c1-3-16(8-11-4-6-14-7-5-11)13-15-10(2)12(9-17)18-13/h4-7,17H,3,8-9H2,1-2H3. The molecule has 0 aliphatic rings. The molecular formula is C13H17N3OS. The molecule has 2 aromatic rings. The molecule has 0 amide bonds. The van der Waals surface area contributed by atoms with Crippen molar-refractivity contribution in [3.05, 3.63) is 40.7 Å². The Balaban J connectivity index is 2.17. The summed E-state index contributed by atoms with van der Waals surface area (Å²) in [5.41, 5.74) is 2.14. The Bertz CT molecular complexity index is 498. The van der Waals surface area contributed by atoms with E-state index in [1.807, 2.05) is 19.1 Å². The molecular weight excluding hydrogens is 246 g/mol. The predicted octanol–water partition coefficient (Wildman–Crippen LogP) is 2.37. The van der Waals surface area contributed by atoms with E-state index in [0.29, 0.717) is 0 Å². The van der Waals surface area contributed by atoms with Crippen LogP contribution < -0.4 is 4.90 Å². The second kappa shape index (κ2) is 5.93. The lowest BCUT2D eigenvalue weighted by Crippen LogP contribution is -2.21. The first-order chi connectivity index (χ1) is 8.74. The number of aliphatic hydroxyl groups excluding tert-OH is 1. The highest BCUT2D eigenvalue weighted by molar-refractivity contribution is 7.15. The van der Waals surface area contributed by atoms with Gasteiger partial charge in [-0.15, -0.1) is 0 Å². The highest BCUT2D eigenvalue weighted by Gasteiger charge is 2.12. The lowest BCUT2D eigenvalue weighted by molar-refractivity contribution is 0.284. The molecule has 1 N–H and O–H groups in total. The van der Waals surface area contributed by atoms with Gasteiger partial charge in [0.05, 0.1) is 17.2 Å². The molecule has 96 valence electrons. The maximum atomic E-state index is 9.22. The second-order valence-electron chi connectivity index (χ2n) is 4.03. The fraction of sp³-hybridized carbons (Fsp3) is 0.385. The van der Waals surface area contributed by atoms with E-state index in [1.54, 1.807) is 23.7 Å². The van der Waals surface area contributed by atoms with Crippen LogP contribution in [-0.2, 0) is 13.2 Å². The number of hydrogen-bond acceptors (Lipinski definition) is 5. The summed E-state index contributed by atoms with van der Waals surface area (Å²) in [6.45, 7) is 5.82. The minimum atomic E-state index is 0.0658. The molecule has 0 aromatic carbocycles. The molecule has 0 aliphatic carbocycles. The third-order valence-corrected chi connectivity index (χ3v) is 4.00. The van der Waals surface area contributed by atoms with Gasteiger partial charge >= 0.3 is 0 Å². The van der Waals surface area contributed by atoms with Gasteiger partial charge in [0.2, 0.25) is 0 Å². The number of nitrogens with zero attached hydrogens (tertiary/aromatic N) is 3. The van der Waals surface area contributed by atoms with Crippen molar-refractivity contribution in [2.24, 2.45) is 0 Å². The first-order valence-corrected chi connectivity index (χ1v) is 6.77. The number of hydrogen-bond donors (Lipinski definition) is 1. The number of aromatic nitrogens is 2. The van der Waals surface area contributed by atoms with Crippen LogP contribution in [0.15, 0.2) is 24.5 Å². The van der Waals surface area contributed by atoms with E-state index in [2.05, 4.69) is 21.8 Å². The fourth-order valence-corrected chi connectivity index (χ4v) is 2.70. The van der Waals surface area contributed by atoms with Gasteiger partial charge in [-0.25, -0.2) is 4.98 Å². The average molecular weight is 263 g/mol. The Kier molecular flexibility index (Phi) is 4.28. The number of anilines is 1. The Morgan fingerprint density at radius 3 is 2.61 bits per heavy atom. The summed E-state index contributed by atoms with van der Waals surface area (Å²) in [7, 11) is 0. The first-order valence-electron chi connectivity index (χ1n) is 5.95. The monoisotopic (exact) mass is 263 g/mol. The van der Waals surface area contributed by atoms with Crippen molar-refractivity contribution in [2.45, 2.75) is 27.0 Å². The maximum absolute atomic E-state index is 9.22. The van der Waals surface area contributed by atoms with Crippen molar-refractivity contribution in [3.8, 4) is 0 Å². The van der Waals surface area contributed by atoms with Gasteiger partial charge in [0.15, 0.2) is 5.13 Å². The van der Waals surface area contributed by atoms with Gasteiger partial charge in [-0.05, 0) is 31.5 Å². The highest BCUT2D eigenvalue weighted by atomic mass is 32.1. The molecule has 18 heavy (non-hydrogen) atoms. The van der Waals surface area contributed by atoms with Gasteiger partial charge in [0.25, 0.3) is 0 Å². The van der Waals surface area contributed by atoms with Crippen LogP contribution in [0.5, 0.6) is 0 Å². The summed E-state index contributed by atoms with van der Waals surface area (Å²) in [6, 6.07) is 4.02. The van der Waals surface area contributed by atoms with E-state index in [4.69, 9.17) is 0 Å². The molecule has 0 radical (unpaired) electrons. The number of aliphatic hydroxyl groups is 1. The molecule has 0 spiro atoms. The third kappa shape index (κ3) is 2.86. The Morgan fingerprint density at radius 1 is 1.33 bits per heavy atom. The summed E-state index contributed by atoms with van der Waals surface area (Å²) in [5, 5.41) is 10.2. The predicted molar refractivity (Wildman–Crippen MR) is 73.7 cm³/mol. The number of aryl methyl sites for hydroxylation is 1. The lowest BCUT2D eigenvalue weighted by atomic mass is 10.2. The van der Waals surface area contributed by atoms with Crippen molar-refractivity contribution in [1.82, 2.24) is 9.97 Å². The van der Waals surface area contributed by atoms with Crippen LogP contribution >= 0.6 is 11.3 Å². The molecule has 2 aromatic heterocycles. The zero-order chi connectivity index (χ0) is 13.0. The average Bonchev–Trinajstić information content (AvgIpc) is 2.78. The summed E-state index contributed by atoms with van der Waals surface area (Å²) in [6.07, 6.45) is 3.60. The zero-order valence-corrected chi connectivity index (χ0v) is 11.4. The SMILES string of the molecule is CCN(Cc1ccncc1)c1nc(C)c(CO)s1. The van der Waals surface area contributed by atoms with Crippen LogP contribution in [0.1, 0.15) is 23.1 Å². The van der Waals surface area contributed by atoms with Gasteiger partial charge in [-0.1, -0.05) is 11.3 Å². The molecule has 4 nitrogen and oxygen atoms in total. The van der Waals surface area contributed by atoms with Crippen LogP contribution in [-0.4, -0.2) is 21.6 Å². The molecule has 0 unspecified atom stereocenters. The van der Waals surface area contributed by atoms with Crippen molar-refractivity contribution < 1.29 is 5.11 Å². The van der Waals surface area contributed by atoms with E-state index < -0.39 is 0 Å². The van der Waals surface area contributed by atoms with Crippen LogP contribution in [0, 0.1) is 6.92 Å². The molecule has 0 atom stereocenters. The molecule has 2 rings (SSSR count). The minimum absolute atomic E-state index is 0.0658. The summed E-state index contributed by atoms with van der Waals surface area (Å²) >= 11 is 1.56. The topological polar surface area (TPSA) is 49.2 Å². The Morgan fingerprint density at radius 2 is 2.06 bits per heavy atom. The normalized spacial score (nSPS) is 10.6. The minimum Gasteiger partial charge on any atom is -0.391 e. The van der Waals surface area contributed by atoms with E-state index in [1.165, 1.54) is 5.56 Å². The van der Waals surface area contributed by atoms with Crippen molar-refractivity contribution >= 4 is 16.5 Å². The van der Waals surface area contributed by atoms with Gasteiger partial charge in [-0.2, -0.15) is 0 Å². The van der Waals surface area contributed by atoms with Gasteiger partial charge in [-0.3, -0.25) is 4.98 Å². The molecule has 0 aliphatic heterocycles. The maximum Gasteiger partial charge on any atom is 0.186 e. The Hall–Kier alpha value is -1.46. The lowest BCUT2D eigenvalue weighted by Gasteiger charge is -2.19. The van der Waals surface area contributed by atoms with Gasteiger partial charge < -0.3 is 10.0 Å². The largest absolute Gasteiger partial charge is 0.391 e.